The van der Waals surface area contributed by atoms with Crippen LogP contribution in [-0.4, -0.2) is 15.7 Å². The molecule has 0 aliphatic rings. The summed E-state index contributed by atoms with van der Waals surface area (Å²) in [6, 6.07) is 0. The average molecular weight is 384 g/mol. The highest BCUT2D eigenvalue weighted by atomic mass is 79.9. The maximum absolute atomic E-state index is 13.5. The van der Waals surface area contributed by atoms with E-state index in [1.165, 1.54) is 7.05 Å². The smallest absolute Gasteiger partial charge is 0.275 e. The molecule has 1 heterocycles. The Kier molecular flexibility index (Phi) is 4.23. The molecule has 2 aromatic rings. The SMILES string of the molecule is Cc1nn(C)c(C(=O)Nc2c(F)c(F)c(F)c(F)c2F)c1Br. The van der Waals surface area contributed by atoms with Crippen molar-refractivity contribution >= 4 is 27.5 Å². The van der Waals surface area contributed by atoms with Crippen molar-refractivity contribution in [2.45, 2.75) is 6.92 Å². The quantitative estimate of drug-likeness (QED) is 0.490. The Hall–Kier alpha value is -1.97. The van der Waals surface area contributed by atoms with E-state index in [1.54, 1.807) is 12.2 Å². The number of amides is 1. The molecule has 0 bridgehead atoms. The normalized spacial score (nSPS) is 10.9. The number of carbonyl (C=O) groups excluding carboxylic acids is 1. The van der Waals surface area contributed by atoms with Crippen molar-refractivity contribution in [1.29, 1.82) is 0 Å². The van der Waals surface area contributed by atoms with Crippen molar-refractivity contribution in [3.8, 4) is 0 Å². The van der Waals surface area contributed by atoms with Gasteiger partial charge in [-0.2, -0.15) is 5.10 Å². The summed E-state index contributed by atoms with van der Waals surface area (Å²) in [7, 11) is 1.38. The molecule has 0 saturated carbocycles. The first-order valence-corrected chi connectivity index (χ1v) is 6.48. The second-order valence-electron chi connectivity index (χ2n) is 4.27. The van der Waals surface area contributed by atoms with Gasteiger partial charge in [0.15, 0.2) is 23.3 Å². The fourth-order valence-electron chi connectivity index (χ4n) is 1.77. The third kappa shape index (κ3) is 2.47. The van der Waals surface area contributed by atoms with Crippen molar-refractivity contribution in [2.24, 2.45) is 7.05 Å². The minimum Gasteiger partial charge on any atom is -0.315 e. The number of carbonyl (C=O) groups is 1. The molecule has 0 aliphatic carbocycles. The topological polar surface area (TPSA) is 46.9 Å². The van der Waals surface area contributed by atoms with Gasteiger partial charge in [-0.3, -0.25) is 9.48 Å². The van der Waals surface area contributed by atoms with E-state index in [-0.39, 0.29) is 10.2 Å². The lowest BCUT2D eigenvalue weighted by Crippen LogP contribution is -2.20. The molecule has 0 saturated heterocycles. The maximum Gasteiger partial charge on any atom is 0.275 e. The van der Waals surface area contributed by atoms with Gasteiger partial charge in [-0.25, -0.2) is 22.0 Å². The first kappa shape index (κ1) is 16.4. The van der Waals surface area contributed by atoms with Crippen molar-refractivity contribution < 1.29 is 26.7 Å². The fourth-order valence-corrected chi connectivity index (χ4v) is 2.28. The number of nitrogens with one attached hydrogen (secondary N) is 1. The Morgan fingerprint density at radius 2 is 1.50 bits per heavy atom. The third-order valence-electron chi connectivity index (χ3n) is 2.81. The van der Waals surface area contributed by atoms with Gasteiger partial charge in [-0.1, -0.05) is 0 Å². The lowest BCUT2D eigenvalue weighted by atomic mass is 10.2. The van der Waals surface area contributed by atoms with Gasteiger partial charge < -0.3 is 5.32 Å². The molecule has 22 heavy (non-hydrogen) atoms. The van der Waals surface area contributed by atoms with Crippen LogP contribution in [0.2, 0.25) is 0 Å². The van der Waals surface area contributed by atoms with Crippen LogP contribution in [0.1, 0.15) is 16.2 Å². The Morgan fingerprint density at radius 3 is 1.91 bits per heavy atom. The molecule has 0 radical (unpaired) electrons. The highest BCUT2D eigenvalue weighted by molar-refractivity contribution is 9.10. The van der Waals surface area contributed by atoms with Crippen LogP contribution >= 0.6 is 15.9 Å². The molecule has 0 spiro atoms. The van der Waals surface area contributed by atoms with Gasteiger partial charge in [-0.15, -0.1) is 0 Å². The molecule has 2 rings (SSSR count). The molecular weight excluding hydrogens is 377 g/mol. The number of anilines is 1. The van der Waals surface area contributed by atoms with E-state index in [9.17, 15) is 26.7 Å². The molecule has 0 atom stereocenters. The Balaban J connectivity index is 2.50. The zero-order valence-corrected chi connectivity index (χ0v) is 12.7. The second-order valence-corrected chi connectivity index (χ2v) is 5.06. The summed E-state index contributed by atoms with van der Waals surface area (Å²) in [6.45, 7) is 1.55. The first-order valence-electron chi connectivity index (χ1n) is 5.68. The summed E-state index contributed by atoms with van der Waals surface area (Å²) >= 11 is 3.05. The molecule has 4 nitrogen and oxygen atoms in total. The number of halogens is 6. The van der Waals surface area contributed by atoms with Crippen molar-refractivity contribution in [1.82, 2.24) is 9.78 Å². The lowest BCUT2D eigenvalue weighted by Gasteiger charge is -2.10. The molecule has 0 aliphatic heterocycles. The van der Waals surface area contributed by atoms with Gasteiger partial charge in [0.25, 0.3) is 5.91 Å². The molecule has 0 unspecified atom stereocenters. The molecular formula is C12H7BrF5N3O. The number of nitrogens with zero attached hydrogens (tertiary/aromatic N) is 2. The number of aryl methyl sites for hydroxylation is 2. The number of benzene rings is 1. The van der Waals surface area contributed by atoms with E-state index in [1.807, 2.05) is 0 Å². The largest absolute Gasteiger partial charge is 0.315 e. The molecule has 1 amide bonds. The van der Waals surface area contributed by atoms with Crippen molar-refractivity contribution in [3.63, 3.8) is 0 Å². The summed E-state index contributed by atoms with van der Waals surface area (Å²) in [5.74, 6) is -11.9. The number of hydrogen-bond donors (Lipinski definition) is 1. The Morgan fingerprint density at radius 1 is 1.05 bits per heavy atom. The van der Waals surface area contributed by atoms with Crippen LogP contribution in [0.25, 0.3) is 0 Å². The van der Waals surface area contributed by atoms with Crippen LogP contribution in [0.5, 0.6) is 0 Å². The predicted molar refractivity (Wildman–Crippen MR) is 69.8 cm³/mol. The molecule has 1 aromatic carbocycles. The Bertz CT molecular complexity index is 761. The monoisotopic (exact) mass is 383 g/mol. The van der Waals surface area contributed by atoms with Crippen molar-refractivity contribution in [3.05, 3.63) is 44.9 Å². The summed E-state index contributed by atoms with van der Waals surface area (Å²) in [5, 5.41) is 5.55. The average Bonchev–Trinajstić information content (AvgIpc) is 2.72. The zero-order valence-electron chi connectivity index (χ0n) is 11.1. The van der Waals surface area contributed by atoms with Crippen LogP contribution in [-0.2, 0) is 7.05 Å². The van der Waals surface area contributed by atoms with E-state index in [2.05, 4.69) is 21.0 Å². The molecule has 1 N–H and O–H groups in total. The zero-order chi connectivity index (χ0) is 16.8. The van der Waals surface area contributed by atoms with Gasteiger partial charge in [0.05, 0.1) is 10.2 Å². The Labute approximate surface area is 129 Å². The van der Waals surface area contributed by atoms with E-state index in [0.717, 1.165) is 4.68 Å². The summed E-state index contributed by atoms with van der Waals surface area (Å²) in [6.07, 6.45) is 0. The number of rotatable bonds is 2. The van der Waals surface area contributed by atoms with Gasteiger partial charge in [0.1, 0.15) is 11.4 Å². The van der Waals surface area contributed by atoms with Crippen LogP contribution < -0.4 is 5.32 Å². The van der Waals surface area contributed by atoms with Gasteiger partial charge in [-0.05, 0) is 22.9 Å². The fraction of sp³-hybridized carbons (Fsp3) is 0.167. The second kappa shape index (κ2) is 5.67. The van der Waals surface area contributed by atoms with E-state index >= 15 is 0 Å². The van der Waals surface area contributed by atoms with Gasteiger partial charge >= 0.3 is 0 Å². The highest BCUT2D eigenvalue weighted by Gasteiger charge is 2.28. The van der Waals surface area contributed by atoms with Crippen LogP contribution in [0, 0.1) is 36.0 Å². The van der Waals surface area contributed by atoms with E-state index < -0.39 is 40.7 Å². The van der Waals surface area contributed by atoms with Crippen LogP contribution in [0.3, 0.4) is 0 Å². The first-order chi connectivity index (χ1) is 10.2. The lowest BCUT2D eigenvalue weighted by molar-refractivity contribution is 0.101. The third-order valence-corrected chi connectivity index (χ3v) is 3.76. The molecule has 118 valence electrons. The highest BCUT2D eigenvalue weighted by Crippen LogP contribution is 2.28. The summed E-state index contributed by atoms with van der Waals surface area (Å²) in [4.78, 5) is 12.0. The maximum atomic E-state index is 13.5. The van der Waals surface area contributed by atoms with Crippen LogP contribution in [0.4, 0.5) is 27.6 Å². The summed E-state index contributed by atoms with van der Waals surface area (Å²) < 4.78 is 67.4. The predicted octanol–water partition coefficient (Wildman–Crippen LogP) is 3.44. The minimum absolute atomic E-state index is 0.138. The minimum atomic E-state index is -2.30. The van der Waals surface area contributed by atoms with Crippen molar-refractivity contribution in [2.75, 3.05) is 5.32 Å². The summed E-state index contributed by atoms with van der Waals surface area (Å²) in [5.41, 5.74) is -1.15. The molecule has 10 heteroatoms. The number of hydrogen-bond acceptors (Lipinski definition) is 2. The molecule has 0 fully saturated rings. The standard InChI is InChI=1S/C12H7BrF5N3O/c1-3-4(13)11(21(2)20-3)12(22)19-10-8(17)6(15)5(14)7(16)9(10)18/h1-2H3,(H,19,22). The van der Waals surface area contributed by atoms with E-state index in [4.69, 9.17) is 0 Å². The van der Waals surface area contributed by atoms with Crippen LogP contribution in [0.15, 0.2) is 4.47 Å². The van der Waals surface area contributed by atoms with E-state index in [0.29, 0.717) is 5.69 Å². The van der Waals surface area contributed by atoms with Gasteiger partial charge in [0, 0.05) is 7.05 Å². The number of aromatic nitrogens is 2. The molecule has 1 aromatic heterocycles. The van der Waals surface area contributed by atoms with Gasteiger partial charge in [0.2, 0.25) is 5.82 Å².